The Bertz CT molecular complexity index is 364. The van der Waals surface area contributed by atoms with Crippen LogP contribution in [0.3, 0.4) is 0 Å². The molecule has 0 radical (unpaired) electrons. The van der Waals surface area contributed by atoms with Gasteiger partial charge in [-0.3, -0.25) is 4.79 Å². The Morgan fingerprint density at radius 2 is 2.20 bits per heavy atom. The molecule has 80 valence electrons. The predicted molar refractivity (Wildman–Crippen MR) is 54.0 cm³/mol. The van der Waals surface area contributed by atoms with Crippen LogP contribution in [-0.2, 0) is 9.59 Å². The number of ether oxygens (including phenoxy) is 1. The lowest BCUT2D eigenvalue weighted by Crippen LogP contribution is -2.16. The smallest absolute Gasteiger partial charge is 0.341 e. The predicted octanol–water partition coefficient (Wildman–Crippen LogP) is 0.743. The van der Waals surface area contributed by atoms with E-state index >= 15 is 0 Å². The molecule has 0 saturated carbocycles. The maximum Gasteiger partial charge on any atom is 0.341 e. The van der Waals surface area contributed by atoms with Crippen LogP contribution in [0.2, 0.25) is 0 Å². The Labute approximate surface area is 86.9 Å². The maximum absolute atomic E-state index is 10.5. The number of carboxylic acid groups (broad SMARTS) is 1. The molecule has 0 atom stereocenters. The van der Waals surface area contributed by atoms with Crippen LogP contribution in [-0.4, -0.2) is 31.1 Å². The molecule has 15 heavy (non-hydrogen) atoms. The zero-order valence-electron chi connectivity index (χ0n) is 8.21. The Morgan fingerprint density at radius 3 is 2.80 bits per heavy atom. The molecule has 1 aromatic carbocycles. The Balaban J connectivity index is 2.85. The van der Waals surface area contributed by atoms with E-state index in [1.54, 1.807) is 31.3 Å². The number of rotatable bonds is 5. The van der Waals surface area contributed by atoms with E-state index in [1.165, 1.54) is 4.90 Å². The highest BCUT2D eigenvalue weighted by atomic mass is 16.5. The minimum Gasteiger partial charge on any atom is -0.480 e. The monoisotopic (exact) mass is 209 g/mol. The first-order chi connectivity index (χ1) is 7.15. The van der Waals surface area contributed by atoms with Crippen molar-refractivity contribution in [2.24, 2.45) is 0 Å². The van der Waals surface area contributed by atoms with Gasteiger partial charge in [0.15, 0.2) is 6.61 Å². The van der Waals surface area contributed by atoms with Gasteiger partial charge in [0.2, 0.25) is 6.41 Å². The minimum atomic E-state index is -1.06. The average Bonchev–Trinajstić information content (AvgIpc) is 2.25. The highest BCUT2D eigenvalue weighted by Gasteiger charge is 2.08. The van der Waals surface area contributed by atoms with Crippen molar-refractivity contribution in [1.82, 2.24) is 0 Å². The van der Waals surface area contributed by atoms with Crippen LogP contribution in [0.1, 0.15) is 0 Å². The van der Waals surface area contributed by atoms with E-state index in [0.29, 0.717) is 17.8 Å². The molecule has 0 spiro atoms. The zero-order valence-corrected chi connectivity index (χ0v) is 8.21. The highest BCUT2D eigenvalue weighted by Crippen LogP contribution is 2.25. The third kappa shape index (κ3) is 2.98. The van der Waals surface area contributed by atoms with Gasteiger partial charge >= 0.3 is 5.97 Å². The molecule has 0 fully saturated rings. The molecule has 0 aliphatic carbocycles. The molecule has 5 nitrogen and oxygen atoms in total. The summed E-state index contributed by atoms with van der Waals surface area (Å²) in [5, 5.41) is 8.45. The molecule has 0 aliphatic heterocycles. The number of hydrogen-bond acceptors (Lipinski definition) is 3. The van der Waals surface area contributed by atoms with Crippen LogP contribution in [0.25, 0.3) is 0 Å². The van der Waals surface area contributed by atoms with Crippen LogP contribution in [0.5, 0.6) is 5.75 Å². The summed E-state index contributed by atoms with van der Waals surface area (Å²) in [5.74, 6) is -0.687. The van der Waals surface area contributed by atoms with E-state index in [2.05, 4.69) is 0 Å². The summed E-state index contributed by atoms with van der Waals surface area (Å²) in [7, 11) is 1.57. The van der Waals surface area contributed by atoms with Gasteiger partial charge in [-0.1, -0.05) is 12.1 Å². The van der Waals surface area contributed by atoms with E-state index in [4.69, 9.17) is 9.84 Å². The van der Waals surface area contributed by atoms with Gasteiger partial charge in [0.25, 0.3) is 0 Å². The number of benzene rings is 1. The summed E-state index contributed by atoms with van der Waals surface area (Å²) in [6, 6.07) is 6.73. The Kier molecular flexibility index (Phi) is 3.68. The first-order valence-corrected chi connectivity index (χ1v) is 4.27. The number of nitrogens with zero attached hydrogens (tertiary/aromatic N) is 1. The molecule has 0 bridgehead atoms. The maximum atomic E-state index is 10.5. The molecule has 0 aromatic heterocycles. The van der Waals surface area contributed by atoms with Gasteiger partial charge in [-0.2, -0.15) is 0 Å². The van der Waals surface area contributed by atoms with E-state index in [1.807, 2.05) is 0 Å². The van der Waals surface area contributed by atoms with Crippen molar-refractivity contribution in [3.63, 3.8) is 0 Å². The van der Waals surface area contributed by atoms with E-state index < -0.39 is 12.6 Å². The summed E-state index contributed by atoms with van der Waals surface area (Å²) < 4.78 is 5.02. The summed E-state index contributed by atoms with van der Waals surface area (Å²) in [6.07, 6.45) is 0.628. The number of carboxylic acids is 1. The summed E-state index contributed by atoms with van der Waals surface area (Å²) >= 11 is 0. The summed E-state index contributed by atoms with van der Waals surface area (Å²) in [5.41, 5.74) is 0.536. The van der Waals surface area contributed by atoms with Crippen molar-refractivity contribution in [1.29, 1.82) is 0 Å². The fraction of sp³-hybridized carbons (Fsp3) is 0.200. The number of amides is 1. The number of carbonyl (C=O) groups excluding carboxylic acids is 1. The van der Waals surface area contributed by atoms with Gasteiger partial charge in [0.1, 0.15) is 5.75 Å². The van der Waals surface area contributed by atoms with Crippen LogP contribution < -0.4 is 9.64 Å². The van der Waals surface area contributed by atoms with E-state index in [-0.39, 0.29) is 0 Å². The van der Waals surface area contributed by atoms with Gasteiger partial charge in [-0.15, -0.1) is 0 Å². The molecule has 5 heteroatoms. The number of hydrogen-bond donors (Lipinski definition) is 1. The van der Waals surface area contributed by atoms with Gasteiger partial charge in [-0.05, 0) is 12.1 Å². The van der Waals surface area contributed by atoms with Gasteiger partial charge < -0.3 is 14.7 Å². The largest absolute Gasteiger partial charge is 0.480 e. The fourth-order valence-corrected chi connectivity index (χ4v) is 1.07. The van der Waals surface area contributed by atoms with Gasteiger partial charge in [0, 0.05) is 7.05 Å². The third-order valence-electron chi connectivity index (χ3n) is 1.75. The SMILES string of the molecule is CN(C=O)c1ccccc1OCC(=O)O. The lowest BCUT2D eigenvalue weighted by Gasteiger charge is -2.15. The van der Waals surface area contributed by atoms with Gasteiger partial charge in [-0.25, -0.2) is 4.79 Å². The highest BCUT2D eigenvalue weighted by molar-refractivity contribution is 5.78. The molecular formula is C10H11NO4. The number of aliphatic carboxylic acids is 1. The normalized spacial score (nSPS) is 9.40. The van der Waals surface area contributed by atoms with Crippen LogP contribution >= 0.6 is 0 Å². The fourth-order valence-electron chi connectivity index (χ4n) is 1.07. The molecule has 1 rings (SSSR count). The second-order valence-electron chi connectivity index (χ2n) is 2.87. The lowest BCUT2D eigenvalue weighted by molar-refractivity contribution is -0.139. The molecular weight excluding hydrogens is 198 g/mol. The van der Waals surface area contributed by atoms with Crippen LogP contribution in [0.15, 0.2) is 24.3 Å². The average molecular weight is 209 g/mol. The molecule has 0 aliphatic rings. The third-order valence-corrected chi connectivity index (χ3v) is 1.75. The van der Waals surface area contributed by atoms with E-state index in [0.717, 1.165) is 0 Å². The second kappa shape index (κ2) is 4.99. The van der Waals surface area contributed by atoms with Crippen molar-refractivity contribution in [3.05, 3.63) is 24.3 Å². The first-order valence-electron chi connectivity index (χ1n) is 4.27. The zero-order chi connectivity index (χ0) is 11.3. The summed E-state index contributed by atoms with van der Waals surface area (Å²) in [6.45, 7) is -0.427. The standard InChI is InChI=1S/C10H11NO4/c1-11(7-12)8-4-2-3-5-9(8)15-6-10(13)14/h2-5,7H,6H2,1H3,(H,13,14). The van der Waals surface area contributed by atoms with Gasteiger partial charge in [0.05, 0.1) is 5.69 Å². The number of carbonyl (C=O) groups is 2. The Morgan fingerprint density at radius 1 is 1.53 bits per heavy atom. The number of anilines is 1. The van der Waals surface area contributed by atoms with Crippen molar-refractivity contribution in [2.45, 2.75) is 0 Å². The van der Waals surface area contributed by atoms with Crippen molar-refractivity contribution < 1.29 is 19.4 Å². The topological polar surface area (TPSA) is 66.8 Å². The molecule has 1 N–H and O–H groups in total. The number of para-hydroxylation sites is 2. The second-order valence-corrected chi connectivity index (χ2v) is 2.87. The van der Waals surface area contributed by atoms with Crippen molar-refractivity contribution in [2.75, 3.05) is 18.6 Å². The molecule has 0 heterocycles. The molecule has 0 unspecified atom stereocenters. The Hall–Kier alpha value is -2.04. The van der Waals surface area contributed by atoms with Crippen molar-refractivity contribution >= 4 is 18.1 Å². The van der Waals surface area contributed by atoms with Crippen LogP contribution in [0, 0.1) is 0 Å². The summed E-state index contributed by atoms with van der Waals surface area (Å²) in [4.78, 5) is 22.2. The van der Waals surface area contributed by atoms with E-state index in [9.17, 15) is 9.59 Å². The first kappa shape index (κ1) is 11.0. The quantitative estimate of drug-likeness (QED) is 0.726. The molecule has 0 saturated heterocycles. The minimum absolute atomic E-state index is 0.370. The molecule has 1 aromatic rings. The van der Waals surface area contributed by atoms with Crippen molar-refractivity contribution in [3.8, 4) is 5.75 Å². The lowest BCUT2D eigenvalue weighted by atomic mass is 10.3. The van der Waals surface area contributed by atoms with Crippen LogP contribution in [0.4, 0.5) is 5.69 Å². The molecule has 1 amide bonds.